The molecular formula is C16H28N2O3. The van der Waals surface area contributed by atoms with Crippen LogP contribution >= 0.6 is 0 Å². The van der Waals surface area contributed by atoms with Crippen LogP contribution in [-0.4, -0.2) is 40.6 Å². The first-order valence-electron chi connectivity index (χ1n) is 8.11. The van der Waals surface area contributed by atoms with E-state index < -0.39 is 11.5 Å². The van der Waals surface area contributed by atoms with E-state index in [1.807, 2.05) is 4.90 Å². The van der Waals surface area contributed by atoms with Gasteiger partial charge in [0.1, 0.15) is 0 Å². The molecule has 0 aromatic carbocycles. The van der Waals surface area contributed by atoms with E-state index in [-0.39, 0.29) is 17.9 Å². The molecule has 0 unspecified atom stereocenters. The molecule has 2 rings (SSSR count). The lowest BCUT2D eigenvalue weighted by Crippen LogP contribution is -2.57. The Morgan fingerprint density at radius 1 is 1.10 bits per heavy atom. The number of hydrogen-bond acceptors (Lipinski definition) is 2. The summed E-state index contributed by atoms with van der Waals surface area (Å²) in [5.74, 6) is -0.823. The van der Waals surface area contributed by atoms with Gasteiger partial charge in [-0.2, -0.15) is 0 Å². The van der Waals surface area contributed by atoms with Gasteiger partial charge in [-0.15, -0.1) is 0 Å². The van der Waals surface area contributed by atoms with Gasteiger partial charge in [-0.25, -0.2) is 4.79 Å². The number of carbonyl (C=O) groups excluding carboxylic acids is 1. The first kappa shape index (κ1) is 16.1. The smallest absolute Gasteiger partial charge is 0.317 e. The summed E-state index contributed by atoms with van der Waals surface area (Å²) < 4.78 is 0. The molecule has 1 heterocycles. The van der Waals surface area contributed by atoms with Crippen LogP contribution in [0, 0.1) is 5.41 Å². The molecule has 21 heavy (non-hydrogen) atoms. The monoisotopic (exact) mass is 296 g/mol. The first-order valence-corrected chi connectivity index (χ1v) is 8.11. The fourth-order valence-corrected chi connectivity index (χ4v) is 3.77. The summed E-state index contributed by atoms with van der Waals surface area (Å²) in [6.45, 7) is 5.89. The maximum absolute atomic E-state index is 12.6. The number of nitrogens with zero attached hydrogens (tertiary/aromatic N) is 1. The van der Waals surface area contributed by atoms with Crippen molar-refractivity contribution in [1.82, 2.24) is 10.2 Å². The summed E-state index contributed by atoms with van der Waals surface area (Å²) in [5, 5.41) is 12.2. The standard InChI is InChI=1S/C16H28N2O3/c1-15(2)7-6-10-18(12-15)14(21)17-16(11-13(19)20)8-4-3-5-9-16/h3-12H2,1-2H3,(H,17,21)(H,19,20). The average molecular weight is 296 g/mol. The van der Waals surface area contributed by atoms with Crippen LogP contribution < -0.4 is 5.32 Å². The molecule has 1 saturated carbocycles. The van der Waals surface area contributed by atoms with Crippen molar-refractivity contribution in [2.75, 3.05) is 13.1 Å². The number of carboxylic acid groups (broad SMARTS) is 1. The van der Waals surface area contributed by atoms with Crippen molar-refractivity contribution in [3.05, 3.63) is 0 Å². The Morgan fingerprint density at radius 3 is 2.33 bits per heavy atom. The van der Waals surface area contributed by atoms with Crippen molar-refractivity contribution in [2.24, 2.45) is 5.41 Å². The van der Waals surface area contributed by atoms with Gasteiger partial charge in [0.2, 0.25) is 0 Å². The minimum atomic E-state index is -0.823. The third-order valence-corrected chi connectivity index (χ3v) is 4.86. The summed E-state index contributed by atoms with van der Waals surface area (Å²) in [7, 11) is 0. The SMILES string of the molecule is CC1(C)CCCN(C(=O)NC2(CC(=O)O)CCCCC2)C1. The fraction of sp³-hybridized carbons (Fsp3) is 0.875. The molecule has 1 aliphatic carbocycles. The normalized spacial score (nSPS) is 24.4. The highest BCUT2D eigenvalue weighted by atomic mass is 16.4. The largest absolute Gasteiger partial charge is 0.481 e. The topological polar surface area (TPSA) is 69.6 Å². The van der Waals surface area contributed by atoms with Crippen LogP contribution in [0.25, 0.3) is 0 Å². The van der Waals surface area contributed by atoms with Gasteiger partial charge in [-0.1, -0.05) is 33.1 Å². The maximum Gasteiger partial charge on any atom is 0.317 e. The van der Waals surface area contributed by atoms with E-state index in [0.717, 1.165) is 58.0 Å². The molecule has 2 N–H and O–H groups in total. The van der Waals surface area contributed by atoms with E-state index >= 15 is 0 Å². The summed E-state index contributed by atoms with van der Waals surface area (Å²) in [6.07, 6.45) is 6.88. The van der Waals surface area contributed by atoms with Crippen molar-refractivity contribution < 1.29 is 14.7 Å². The Balaban J connectivity index is 2.02. The fourth-order valence-electron chi connectivity index (χ4n) is 3.77. The Labute approximate surface area is 127 Å². The molecule has 0 aromatic rings. The number of carboxylic acids is 1. The van der Waals surface area contributed by atoms with Crippen molar-refractivity contribution in [2.45, 2.75) is 70.8 Å². The predicted octanol–water partition coefficient (Wildman–Crippen LogP) is 3.00. The molecule has 5 heteroatoms. The number of likely N-dealkylation sites (tertiary alicyclic amines) is 1. The number of urea groups is 1. The van der Waals surface area contributed by atoms with Gasteiger partial charge in [-0.3, -0.25) is 4.79 Å². The summed E-state index contributed by atoms with van der Waals surface area (Å²) in [4.78, 5) is 25.6. The van der Waals surface area contributed by atoms with Gasteiger partial charge in [0.25, 0.3) is 0 Å². The molecule has 1 saturated heterocycles. The van der Waals surface area contributed by atoms with Crippen LogP contribution in [-0.2, 0) is 4.79 Å². The number of hydrogen-bond donors (Lipinski definition) is 2. The van der Waals surface area contributed by atoms with Crippen LogP contribution in [0.5, 0.6) is 0 Å². The molecule has 0 radical (unpaired) electrons. The van der Waals surface area contributed by atoms with Crippen molar-refractivity contribution >= 4 is 12.0 Å². The number of rotatable bonds is 3. The molecule has 0 atom stereocenters. The molecule has 1 aliphatic heterocycles. The number of piperidine rings is 1. The molecule has 5 nitrogen and oxygen atoms in total. The zero-order valence-electron chi connectivity index (χ0n) is 13.3. The summed E-state index contributed by atoms with van der Waals surface area (Å²) >= 11 is 0. The molecular weight excluding hydrogens is 268 g/mol. The molecule has 0 spiro atoms. The lowest BCUT2D eigenvalue weighted by atomic mass is 9.79. The van der Waals surface area contributed by atoms with E-state index in [4.69, 9.17) is 0 Å². The van der Waals surface area contributed by atoms with Crippen LogP contribution in [0.15, 0.2) is 0 Å². The zero-order valence-corrected chi connectivity index (χ0v) is 13.3. The van der Waals surface area contributed by atoms with Gasteiger partial charge >= 0.3 is 12.0 Å². The highest BCUT2D eigenvalue weighted by Gasteiger charge is 2.38. The van der Waals surface area contributed by atoms with E-state index in [9.17, 15) is 14.7 Å². The second kappa shape index (κ2) is 6.24. The van der Waals surface area contributed by atoms with E-state index in [2.05, 4.69) is 19.2 Å². The average Bonchev–Trinajstić information content (AvgIpc) is 2.37. The maximum atomic E-state index is 12.6. The summed E-state index contributed by atoms with van der Waals surface area (Å²) in [6, 6.07) is -0.0778. The number of carbonyl (C=O) groups is 2. The third-order valence-electron chi connectivity index (χ3n) is 4.86. The van der Waals surface area contributed by atoms with Gasteiger partial charge in [0.15, 0.2) is 0 Å². The van der Waals surface area contributed by atoms with Crippen molar-refractivity contribution in [3.8, 4) is 0 Å². The number of aliphatic carboxylic acids is 1. The van der Waals surface area contributed by atoms with Gasteiger partial charge < -0.3 is 15.3 Å². The van der Waals surface area contributed by atoms with Crippen LogP contribution in [0.1, 0.15) is 65.2 Å². The predicted molar refractivity (Wildman–Crippen MR) is 81.2 cm³/mol. The quantitative estimate of drug-likeness (QED) is 0.841. The highest BCUT2D eigenvalue weighted by Crippen LogP contribution is 2.33. The molecule has 2 amide bonds. The Bertz CT molecular complexity index is 400. The van der Waals surface area contributed by atoms with Gasteiger partial charge in [-0.05, 0) is 31.1 Å². The Hall–Kier alpha value is -1.26. The zero-order chi connectivity index (χ0) is 15.5. The van der Waals surface area contributed by atoms with E-state index in [1.165, 1.54) is 0 Å². The van der Waals surface area contributed by atoms with Gasteiger partial charge in [0.05, 0.1) is 12.0 Å². The Kier molecular flexibility index (Phi) is 4.79. The highest BCUT2D eigenvalue weighted by molar-refractivity contribution is 5.77. The van der Waals surface area contributed by atoms with E-state index in [0.29, 0.717) is 0 Å². The Morgan fingerprint density at radius 2 is 1.76 bits per heavy atom. The molecule has 2 fully saturated rings. The van der Waals surface area contributed by atoms with E-state index in [1.54, 1.807) is 0 Å². The van der Waals surface area contributed by atoms with Crippen LogP contribution in [0.2, 0.25) is 0 Å². The van der Waals surface area contributed by atoms with Gasteiger partial charge in [0, 0.05) is 13.1 Å². The molecule has 0 bridgehead atoms. The van der Waals surface area contributed by atoms with Crippen molar-refractivity contribution in [3.63, 3.8) is 0 Å². The molecule has 2 aliphatic rings. The lowest BCUT2D eigenvalue weighted by molar-refractivity contribution is -0.139. The van der Waals surface area contributed by atoms with Crippen LogP contribution in [0.3, 0.4) is 0 Å². The minimum Gasteiger partial charge on any atom is -0.481 e. The number of nitrogens with one attached hydrogen (secondary N) is 1. The van der Waals surface area contributed by atoms with Crippen molar-refractivity contribution in [1.29, 1.82) is 0 Å². The first-order chi connectivity index (χ1) is 9.82. The minimum absolute atomic E-state index is 0.0377. The number of amides is 2. The molecule has 120 valence electrons. The molecule has 0 aromatic heterocycles. The second-order valence-corrected chi connectivity index (χ2v) is 7.53. The lowest BCUT2D eigenvalue weighted by Gasteiger charge is -2.42. The van der Waals surface area contributed by atoms with Crippen LogP contribution in [0.4, 0.5) is 4.79 Å². The summed E-state index contributed by atoms with van der Waals surface area (Å²) in [5.41, 5.74) is -0.384. The third kappa shape index (κ3) is 4.35. The second-order valence-electron chi connectivity index (χ2n) is 7.53.